The van der Waals surface area contributed by atoms with Gasteiger partial charge in [-0.25, -0.2) is 0 Å². The topological polar surface area (TPSA) is 46.5 Å². The van der Waals surface area contributed by atoms with E-state index >= 15 is 0 Å². The van der Waals surface area contributed by atoms with Gasteiger partial charge in [-0.3, -0.25) is 4.79 Å². The molecule has 0 amide bonds. The summed E-state index contributed by atoms with van der Waals surface area (Å²) in [6.45, 7) is 2.15. The van der Waals surface area contributed by atoms with Gasteiger partial charge in [0.05, 0.1) is 0 Å². The van der Waals surface area contributed by atoms with Crippen LogP contribution in [-0.4, -0.2) is 25.3 Å². The molecule has 0 aromatic rings. The Morgan fingerprint density at radius 3 is 2.00 bits per heavy atom. The number of carboxylic acid groups (broad SMARTS) is 1. The van der Waals surface area contributed by atoms with Crippen LogP contribution in [0.1, 0.15) is 45.4 Å². The van der Waals surface area contributed by atoms with E-state index in [0.717, 1.165) is 12.8 Å². The fourth-order valence-corrected chi connectivity index (χ4v) is 0.880. The third-order valence-electron chi connectivity index (χ3n) is 1.49. The zero-order chi connectivity index (χ0) is 10.5. The van der Waals surface area contributed by atoms with Gasteiger partial charge in [-0.1, -0.05) is 32.6 Å². The van der Waals surface area contributed by atoms with Crippen LogP contribution in [0.4, 0.5) is 0 Å². The smallest absolute Gasteiger partial charge is 0.303 e. The van der Waals surface area contributed by atoms with Crippen LogP contribution in [0.15, 0.2) is 0 Å². The van der Waals surface area contributed by atoms with Crippen molar-refractivity contribution in [1.82, 2.24) is 0 Å². The van der Waals surface area contributed by atoms with Crippen molar-refractivity contribution in [3.63, 3.8) is 0 Å². The number of rotatable bonds is 6. The highest BCUT2D eigenvalue weighted by Gasteiger charge is 1.94. The van der Waals surface area contributed by atoms with Crippen LogP contribution in [0.2, 0.25) is 0 Å². The van der Waals surface area contributed by atoms with Gasteiger partial charge >= 0.3 is 5.97 Å². The number of methoxy groups -OCH3 is 1. The molecule has 0 heterocycles. The first kappa shape index (κ1) is 14.9. The highest BCUT2D eigenvalue weighted by atomic mass is 16.4. The molecule has 80 valence electrons. The summed E-state index contributed by atoms with van der Waals surface area (Å²) in [5, 5.41) is 8.27. The number of hydrogen-bond acceptors (Lipinski definition) is 2. The van der Waals surface area contributed by atoms with Gasteiger partial charge < -0.3 is 9.84 Å². The molecule has 0 aliphatic carbocycles. The fourth-order valence-electron chi connectivity index (χ4n) is 0.880. The summed E-state index contributed by atoms with van der Waals surface area (Å²) in [5.74, 6) is -0.670. The molecule has 0 radical (unpaired) electrons. The summed E-state index contributed by atoms with van der Waals surface area (Å²) in [6, 6.07) is 0. The van der Waals surface area contributed by atoms with Crippen molar-refractivity contribution in [2.75, 3.05) is 14.2 Å². The molecule has 3 nitrogen and oxygen atoms in total. The summed E-state index contributed by atoms with van der Waals surface area (Å²) in [7, 11) is 3.25. The molecule has 0 unspecified atom stereocenters. The zero-order valence-corrected chi connectivity index (χ0v) is 9.01. The van der Waals surface area contributed by atoms with Crippen molar-refractivity contribution in [1.29, 1.82) is 0 Å². The summed E-state index contributed by atoms with van der Waals surface area (Å²) in [6.07, 6.45) is 5.88. The Morgan fingerprint density at radius 2 is 1.62 bits per heavy atom. The van der Waals surface area contributed by atoms with E-state index in [4.69, 9.17) is 5.11 Å². The second-order valence-corrected chi connectivity index (χ2v) is 2.97. The molecule has 0 fully saturated rings. The standard InChI is InChI=1S/C8H16O2.C2H6O/c1-2-3-4-5-6-7-8(9)10;1-3-2/h2-7H2,1H3,(H,9,10);1-2H3. The molecule has 0 saturated carbocycles. The molecule has 0 aromatic heterocycles. The molecule has 0 aliphatic rings. The highest BCUT2D eigenvalue weighted by molar-refractivity contribution is 5.66. The first-order valence-corrected chi connectivity index (χ1v) is 4.80. The summed E-state index contributed by atoms with van der Waals surface area (Å²) in [5.41, 5.74) is 0. The molecule has 1 N–H and O–H groups in total. The molecule has 0 rings (SSSR count). The van der Waals surface area contributed by atoms with Crippen LogP contribution in [-0.2, 0) is 9.53 Å². The average molecular weight is 190 g/mol. The van der Waals surface area contributed by atoms with Crippen LogP contribution in [0, 0.1) is 0 Å². The third-order valence-corrected chi connectivity index (χ3v) is 1.49. The molecule has 0 saturated heterocycles. The van der Waals surface area contributed by atoms with Crippen molar-refractivity contribution in [2.45, 2.75) is 45.4 Å². The fraction of sp³-hybridized carbons (Fsp3) is 0.900. The Labute approximate surface area is 81.1 Å². The lowest BCUT2D eigenvalue weighted by Gasteiger charge is -1.95. The van der Waals surface area contributed by atoms with Gasteiger partial charge in [-0.2, -0.15) is 0 Å². The molecule has 0 aliphatic heterocycles. The Hall–Kier alpha value is -0.570. The number of hydrogen-bond donors (Lipinski definition) is 1. The molecule has 3 heteroatoms. The van der Waals surface area contributed by atoms with E-state index in [-0.39, 0.29) is 0 Å². The minimum absolute atomic E-state index is 0.337. The van der Waals surface area contributed by atoms with E-state index in [1.807, 2.05) is 0 Å². The van der Waals surface area contributed by atoms with Crippen molar-refractivity contribution in [3.8, 4) is 0 Å². The van der Waals surface area contributed by atoms with E-state index < -0.39 is 5.97 Å². The Kier molecular flexibility index (Phi) is 16.1. The largest absolute Gasteiger partial charge is 0.481 e. The molecular weight excluding hydrogens is 168 g/mol. The van der Waals surface area contributed by atoms with Gasteiger partial charge in [0.15, 0.2) is 0 Å². The molecule has 0 aromatic carbocycles. The second-order valence-electron chi connectivity index (χ2n) is 2.97. The lowest BCUT2D eigenvalue weighted by molar-refractivity contribution is -0.137. The Bertz CT molecular complexity index is 102. The monoisotopic (exact) mass is 190 g/mol. The van der Waals surface area contributed by atoms with Gasteiger partial charge in [-0.15, -0.1) is 0 Å². The highest BCUT2D eigenvalue weighted by Crippen LogP contribution is 2.04. The van der Waals surface area contributed by atoms with E-state index in [1.54, 1.807) is 14.2 Å². The summed E-state index contributed by atoms with van der Waals surface area (Å²) in [4.78, 5) is 10.0. The van der Waals surface area contributed by atoms with Crippen molar-refractivity contribution in [3.05, 3.63) is 0 Å². The van der Waals surface area contributed by atoms with Crippen molar-refractivity contribution in [2.24, 2.45) is 0 Å². The number of carboxylic acids is 1. The average Bonchev–Trinajstić information content (AvgIpc) is 2.05. The van der Waals surface area contributed by atoms with Gasteiger partial charge in [0, 0.05) is 20.6 Å². The van der Waals surface area contributed by atoms with E-state index in [2.05, 4.69) is 11.7 Å². The molecule has 0 spiro atoms. The lowest BCUT2D eigenvalue weighted by Crippen LogP contribution is -1.93. The van der Waals surface area contributed by atoms with Crippen LogP contribution in [0.5, 0.6) is 0 Å². The van der Waals surface area contributed by atoms with Crippen LogP contribution < -0.4 is 0 Å². The molecule has 0 atom stereocenters. The Balaban J connectivity index is 0. The van der Waals surface area contributed by atoms with E-state index in [9.17, 15) is 4.79 Å². The lowest BCUT2D eigenvalue weighted by atomic mass is 10.1. The van der Waals surface area contributed by atoms with Gasteiger partial charge in [0.25, 0.3) is 0 Å². The second kappa shape index (κ2) is 14.0. The molecule has 13 heavy (non-hydrogen) atoms. The van der Waals surface area contributed by atoms with Crippen LogP contribution in [0.3, 0.4) is 0 Å². The quantitative estimate of drug-likeness (QED) is 0.655. The first-order chi connectivity index (χ1) is 6.18. The van der Waals surface area contributed by atoms with Gasteiger partial charge in [-0.05, 0) is 6.42 Å². The number of unbranched alkanes of at least 4 members (excludes halogenated alkanes) is 4. The van der Waals surface area contributed by atoms with Crippen molar-refractivity contribution < 1.29 is 14.6 Å². The van der Waals surface area contributed by atoms with E-state index in [0.29, 0.717) is 6.42 Å². The summed E-state index contributed by atoms with van der Waals surface area (Å²) < 4.78 is 4.25. The minimum atomic E-state index is -0.670. The first-order valence-electron chi connectivity index (χ1n) is 4.80. The summed E-state index contributed by atoms with van der Waals surface area (Å²) >= 11 is 0. The maximum absolute atomic E-state index is 10.0. The third kappa shape index (κ3) is 24.6. The van der Waals surface area contributed by atoms with Crippen LogP contribution >= 0.6 is 0 Å². The predicted octanol–water partition coefficient (Wildman–Crippen LogP) is 2.69. The molecular formula is C10H22O3. The van der Waals surface area contributed by atoms with E-state index in [1.165, 1.54) is 19.3 Å². The maximum Gasteiger partial charge on any atom is 0.303 e. The maximum atomic E-state index is 10.0. The zero-order valence-electron chi connectivity index (χ0n) is 9.01. The predicted molar refractivity (Wildman–Crippen MR) is 53.9 cm³/mol. The molecule has 0 bridgehead atoms. The number of ether oxygens (including phenoxy) is 1. The van der Waals surface area contributed by atoms with Gasteiger partial charge in [0.1, 0.15) is 0 Å². The van der Waals surface area contributed by atoms with Crippen molar-refractivity contribution >= 4 is 5.97 Å². The number of aliphatic carboxylic acids is 1. The van der Waals surface area contributed by atoms with Crippen LogP contribution in [0.25, 0.3) is 0 Å². The number of carbonyl (C=O) groups is 1. The minimum Gasteiger partial charge on any atom is -0.481 e. The normalized spacial score (nSPS) is 8.85. The SMILES string of the molecule is CCCCCCCC(=O)O.COC. The van der Waals surface area contributed by atoms with Gasteiger partial charge in [0.2, 0.25) is 0 Å². The Morgan fingerprint density at radius 1 is 1.15 bits per heavy atom.